The van der Waals surface area contributed by atoms with Crippen molar-refractivity contribution in [1.29, 1.82) is 0 Å². The smallest absolute Gasteiger partial charge is 0.243 e. The van der Waals surface area contributed by atoms with Gasteiger partial charge in [-0.25, -0.2) is 50.7 Å². The van der Waals surface area contributed by atoms with E-state index in [0.717, 1.165) is 25.2 Å². The molecule has 0 N–H and O–H groups in total. The zero-order valence-corrected chi connectivity index (χ0v) is 21.7. The molecule has 2 fully saturated rings. The number of nitrogens with zero attached hydrogens (tertiary/aromatic N) is 4. The quantitative estimate of drug-likeness (QED) is 0.331. The SMILES string of the molecule is CC(C)N1CC2CC(C1)CN(S(=O)(=O)c1ccc(-n3ccnc3)cc1)C2.[O-][Cl+3]([O-])([O-])[O-].[O-][Cl+3]([O-])([O-])[O-]. The Balaban J connectivity index is 0.000000389. The van der Waals surface area contributed by atoms with Crippen molar-refractivity contribution in [3.05, 3.63) is 43.0 Å². The van der Waals surface area contributed by atoms with Crippen molar-refractivity contribution >= 4 is 10.0 Å². The number of fused-ring (bicyclic) bond motifs is 2. The normalized spacial score (nSPS) is 21.3. The molecule has 0 spiro atoms. The van der Waals surface area contributed by atoms with Gasteiger partial charge in [0, 0.05) is 50.3 Å². The van der Waals surface area contributed by atoms with Crippen molar-refractivity contribution in [2.24, 2.45) is 11.8 Å². The van der Waals surface area contributed by atoms with Gasteiger partial charge in [-0.3, -0.25) is 0 Å². The average Bonchev–Trinajstić information content (AvgIpc) is 3.25. The third-order valence-electron chi connectivity index (χ3n) is 5.58. The highest BCUT2D eigenvalue weighted by atomic mass is 35.7. The number of aromatic nitrogens is 2. The van der Waals surface area contributed by atoms with Crippen LogP contribution in [0.5, 0.6) is 0 Å². The number of hydrogen-bond donors (Lipinski definition) is 0. The lowest BCUT2D eigenvalue weighted by atomic mass is 9.85. The topological polar surface area (TPSA) is 243 Å². The van der Waals surface area contributed by atoms with Gasteiger partial charge in [0.15, 0.2) is 0 Å². The average molecular weight is 573 g/mol. The largest absolute Gasteiger partial charge is 0.306 e. The van der Waals surface area contributed by atoms with E-state index in [4.69, 9.17) is 37.3 Å². The maximum Gasteiger partial charge on any atom is 0.243 e. The minimum Gasteiger partial charge on any atom is -0.306 e. The Morgan fingerprint density at radius 1 is 0.861 bits per heavy atom. The number of likely N-dealkylation sites (tertiary alicyclic amines) is 1. The van der Waals surface area contributed by atoms with Gasteiger partial charge in [0.05, 0.1) is 11.2 Å². The first-order chi connectivity index (χ1) is 16.4. The molecule has 2 aromatic rings. The van der Waals surface area contributed by atoms with Gasteiger partial charge < -0.3 is 9.47 Å². The first-order valence-electron chi connectivity index (χ1n) is 10.5. The lowest BCUT2D eigenvalue weighted by Crippen LogP contribution is -2.68. The van der Waals surface area contributed by atoms with Crippen molar-refractivity contribution in [3.8, 4) is 5.69 Å². The van der Waals surface area contributed by atoms with Crippen LogP contribution in [-0.4, -0.2) is 59.4 Å². The van der Waals surface area contributed by atoms with Gasteiger partial charge in [-0.2, -0.15) is 4.31 Å². The summed E-state index contributed by atoms with van der Waals surface area (Å²) in [4.78, 5) is 6.89. The van der Waals surface area contributed by atoms with Gasteiger partial charge in [-0.15, -0.1) is 20.5 Å². The van der Waals surface area contributed by atoms with Crippen molar-refractivity contribution < 1.29 is 66.2 Å². The molecule has 0 saturated carbocycles. The molecule has 3 heterocycles. The van der Waals surface area contributed by atoms with Gasteiger partial charge in [0.25, 0.3) is 0 Å². The number of piperidine rings is 2. The van der Waals surface area contributed by atoms with Crippen LogP contribution in [-0.2, 0) is 10.0 Å². The molecule has 4 rings (SSSR count). The van der Waals surface area contributed by atoms with E-state index in [0.29, 0.717) is 35.9 Å². The molecule has 0 aliphatic carbocycles. The molecule has 2 saturated heterocycles. The van der Waals surface area contributed by atoms with Crippen LogP contribution in [0.3, 0.4) is 0 Å². The first kappa shape index (κ1) is 30.8. The van der Waals surface area contributed by atoms with Crippen LogP contribution in [0.25, 0.3) is 5.69 Å². The zero-order chi connectivity index (χ0) is 27.3. The Morgan fingerprint density at radius 3 is 1.72 bits per heavy atom. The van der Waals surface area contributed by atoms with E-state index in [1.807, 2.05) is 22.9 Å². The summed E-state index contributed by atoms with van der Waals surface area (Å²) in [7, 11) is -13.3. The fourth-order valence-corrected chi connectivity index (χ4v) is 5.83. The molecule has 0 radical (unpaired) electrons. The molecule has 36 heavy (non-hydrogen) atoms. The van der Waals surface area contributed by atoms with Gasteiger partial charge in [-0.05, 0) is 56.4 Å². The van der Waals surface area contributed by atoms with Crippen molar-refractivity contribution in [1.82, 2.24) is 18.8 Å². The summed E-state index contributed by atoms with van der Waals surface area (Å²) in [6.07, 6.45) is 6.40. The molecular formula is C19H26Cl2N4O10S-2. The van der Waals surface area contributed by atoms with Gasteiger partial charge in [0.2, 0.25) is 10.0 Å². The third-order valence-corrected chi connectivity index (χ3v) is 7.43. The molecule has 1 aromatic heterocycles. The van der Waals surface area contributed by atoms with Crippen LogP contribution >= 0.6 is 0 Å². The Kier molecular flexibility index (Phi) is 10.6. The summed E-state index contributed by atoms with van der Waals surface area (Å²) < 4.78 is 97.8. The predicted molar refractivity (Wildman–Crippen MR) is 101 cm³/mol. The molecule has 14 nitrogen and oxygen atoms in total. The summed E-state index contributed by atoms with van der Waals surface area (Å²) >= 11 is 0. The second-order valence-electron chi connectivity index (χ2n) is 8.56. The molecule has 2 bridgehead atoms. The van der Waals surface area contributed by atoms with Crippen LogP contribution in [0, 0.1) is 32.3 Å². The highest BCUT2D eigenvalue weighted by Gasteiger charge is 2.39. The minimum atomic E-state index is -4.94. The summed E-state index contributed by atoms with van der Waals surface area (Å²) in [6, 6.07) is 7.60. The summed E-state index contributed by atoms with van der Waals surface area (Å²) in [5, 5.41) is 0. The molecule has 0 amide bonds. The maximum absolute atomic E-state index is 13.1. The zero-order valence-electron chi connectivity index (χ0n) is 19.3. The fraction of sp³-hybridized carbons (Fsp3) is 0.526. The maximum atomic E-state index is 13.1. The summed E-state index contributed by atoms with van der Waals surface area (Å²) in [6.45, 7) is 7.70. The number of hydrogen-bond acceptors (Lipinski definition) is 12. The lowest BCUT2D eigenvalue weighted by Gasteiger charge is -2.46. The number of imidazole rings is 1. The number of halogens is 2. The standard InChI is InChI=1S/C19H26N4O2S.2ClHO4/c1-15(2)22-10-16-9-17(11-22)13-23(12-16)26(24,25)19-5-3-18(4-6-19)21-8-7-20-14-21;2*2-1(3,4)5/h3-8,14-17H,9-13H2,1-2H3;2*(H,2,3,4,5)/p-2. The predicted octanol–water partition coefficient (Wildman–Crippen LogP) is -7.29. The molecule has 2 aliphatic heterocycles. The van der Waals surface area contributed by atoms with Crippen molar-refractivity contribution in [2.75, 3.05) is 26.2 Å². The van der Waals surface area contributed by atoms with Crippen molar-refractivity contribution in [2.45, 2.75) is 31.2 Å². The van der Waals surface area contributed by atoms with Crippen LogP contribution in [0.2, 0.25) is 0 Å². The van der Waals surface area contributed by atoms with E-state index in [1.54, 1.807) is 29.0 Å². The molecule has 1 aromatic carbocycles. The number of sulfonamides is 1. The Morgan fingerprint density at radius 2 is 1.33 bits per heavy atom. The highest BCUT2D eigenvalue weighted by Crippen LogP contribution is 2.32. The van der Waals surface area contributed by atoms with Gasteiger partial charge in [0.1, 0.15) is 0 Å². The second-order valence-corrected chi connectivity index (χ2v) is 12.0. The molecule has 2 unspecified atom stereocenters. The molecule has 17 heteroatoms. The second kappa shape index (κ2) is 12.4. The van der Waals surface area contributed by atoms with Crippen molar-refractivity contribution in [3.63, 3.8) is 0 Å². The molecular weight excluding hydrogens is 547 g/mol. The summed E-state index contributed by atoms with van der Waals surface area (Å²) in [5.41, 5.74) is 0.907. The van der Waals surface area contributed by atoms with E-state index >= 15 is 0 Å². The highest BCUT2D eigenvalue weighted by molar-refractivity contribution is 7.89. The van der Waals surface area contributed by atoms with Gasteiger partial charge >= 0.3 is 0 Å². The van der Waals surface area contributed by atoms with E-state index in [9.17, 15) is 8.42 Å². The van der Waals surface area contributed by atoms with E-state index < -0.39 is 30.5 Å². The number of rotatable bonds is 4. The number of benzene rings is 1. The van der Waals surface area contributed by atoms with E-state index in [1.165, 1.54) is 0 Å². The first-order valence-corrected chi connectivity index (χ1v) is 14.4. The van der Waals surface area contributed by atoms with Crippen LogP contribution in [0.1, 0.15) is 20.3 Å². The van der Waals surface area contributed by atoms with Crippen LogP contribution in [0.4, 0.5) is 0 Å². The third kappa shape index (κ3) is 10.5. The van der Waals surface area contributed by atoms with Crippen LogP contribution < -0.4 is 37.3 Å². The minimum absolute atomic E-state index is 0.377. The molecule has 204 valence electrons. The molecule has 2 atom stereocenters. The Hall–Kier alpha value is -1.44. The van der Waals surface area contributed by atoms with Crippen LogP contribution in [0.15, 0.2) is 47.9 Å². The fourth-order valence-electron chi connectivity index (χ4n) is 4.24. The van der Waals surface area contributed by atoms with Gasteiger partial charge in [-0.1, -0.05) is 0 Å². The Bertz CT molecular complexity index is 1010. The molecule has 2 aliphatic rings. The van der Waals surface area contributed by atoms with E-state index in [-0.39, 0.29) is 0 Å². The summed E-state index contributed by atoms with van der Waals surface area (Å²) in [5.74, 6) is 0.870. The monoisotopic (exact) mass is 572 g/mol. The lowest BCUT2D eigenvalue weighted by molar-refractivity contribution is -2.00. The Labute approximate surface area is 212 Å². The van der Waals surface area contributed by atoms with E-state index in [2.05, 4.69) is 23.7 Å².